The zero-order valence-corrected chi connectivity index (χ0v) is 15.1. The van der Waals surface area contributed by atoms with Crippen LogP contribution < -0.4 is 0 Å². The summed E-state index contributed by atoms with van der Waals surface area (Å²) in [4.78, 5) is 21.5. The van der Waals surface area contributed by atoms with Crippen molar-refractivity contribution in [1.29, 1.82) is 0 Å². The van der Waals surface area contributed by atoms with Crippen LogP contribution in [0.3, 0.4) is 0 Å². The van der Waals surface area contributed by atoms with Gasteiger partial charge in [0.15, 0.2) is 0 Å². The highest BCUT2D eigenvalue weighted by molar-refractivity contribution is 6.39. The van der Waals surface area contributed by atoms with Crippen molar-refractivity contribution in [2.24, 2.45) is 15.9 Å². The van der Waals surface area contributed by atoms with Crippen molar-refractivity contribution in [3.63, 3.8) is 0 Å². The predicted octanol–water partition coefficient (Wildman–Crippen LogP) is 4.48. The second kappa shape index (κ2) is 9.31. The van der Waals surface area contributed by atoms with Crippen molar-refractivity contribution in [2.75, 3.05) is 13.1 Å². The second-order valence-corrected chi connectivity index (χ2v) is 5.97. The van der Waals surface area contributed by atoms with Crippen LogP contribution in [0.2, 0.25) is 0 Å². The third-order valence-corrected chi connectivity index (χ3v) is 4.03. The van der Waals surface area contributed by atoms with E-state index in [2.05, 4.69) is 29.9 Å². The van der Waals surface area contributed by atoms with Crippen LogP contribution >= 0.6 is 0 Å². The maximum Gasteiger partial charge on any atom is 0.416 e. The van der Waals surface area contributed by atoms with Crippen LogP contribution in [0.5, 0.6) is 0 Å². The van der Waals surface area contributed by atoms with E-state index >= 15 is 0 Å². The number of piperidine rings is 1. The van der Waals surface area contributed by atoms with E-state index < -0.39 is 17.7 Å². The van der Waals surface area contributed by atoms with Crippen LogP contribution in [0.15, 0.2) is 58.2 Å². The van der Waals surface area contributed by atoms with E-state index in [1.54, 1.807) is 19.9 Å². The Morgan fingerprint density at radius 3 is 2.23 bits per heavy atom. The first-order valence-corrected chi connectivity index (χ1v) is 8.22. The molecule has 1 fully saturated rings. The lowest BCUT2D eigenvalue weighted by atomic mass is 9.85. The lowest BCUT2D eigenvalue weighted by Gasteiger charge is -2.33. The predicted molar refractivity (Wildman–Crippen MR) is 99.2 cm³/mol. The Bertz CT molecular complexity index is 664. The van der Waals surface area contributed by atoms with Crippen molar-refractivity contribution in [2.45, 2.75) is 32.9 Å². The normalized spacial score (nSPS) is 17.9. The fourth-order valence-corrected chi connectivity index (χ4v) is 2.89. The highest BCUT2D eigenvalue weighted by Gasteiger charge is 2.36. The van der Waals surface area contributed by atoms with Crippen LogP contribution in [0.25, 0.3) is 0 Å². The molecule has 142 valence electrons. The van der Waals surface area contributed by atoms with Gasteiger partial charge in [0, 0.05) is 18.8 Å². The van der Waals surface area contributed by atoms with E-state index in [1.807, 2.05) is 0 Å². The number of hydrogen-bond acceptors (Lipinski definition) is 2. The summed E-state index contributed by atoms with van der Waals surface area (Å²) in [5.74, 6) is -0.747. The lowest BCUT2D eigenvalue weighted by Crippen LogP contribution is -2.42. The number of carbonyl (C=O) groups is 1. The molecular weight excluding hydrogens is 343 g/mol. The molecule has 0 aromatic carbocycles. The van der Waals surface area contributed by atoms with Gasteiger partial charge in [0.05, 0.1) is 5.57 Å². The van der Waals surface area contributed by atoms with E-state index in [4.69, 9.17) is 0 Å². The first-order valence-electron chi connectivity index (χ1n) is 8.22. The molecule has 0 aromatic heterocycles. The number of halogens is 3. The molecule has 1 aliphatic rings. The van der Waals surface area contributed by atoms with Gasteiger partial charge in [-0.2, -0.15) is 13.2 Å². The third kappa shape index (κ3) is 5.54. The molecule has 0 radical (unpaired) electrons. The minimum atomic E-state index is -4.46. The van der Waals surface area contributed by atoms with Gasteiger partial charge in [0.25, 0.3) is 5.91 Å². The Kier molecular flexibility index (Phi) is 7.74. The lowest BCUT2D eigenvalue weighted by molar-refractivity contribution is -0.125. The summed E-state index contributed by atoms with van der Waals surface area (Å²) >= 11 is 0. The van der Waals surface area contributed by atoms with E-state index in [9.17, 15) is 18.0 Å². The minimum Gasteiger partial charge on any atom is -0.336 e. The van der Waals surface area contributed by atoms with Gasteiger partial charge in [0.2, 0.25) is 5.84 Å². The molecule has 4 nitrogen and oxygen atoms in total. The molecule has 1 heterocycles. The van der Waals surface area contributed by atoms with Crippen LogP contribution in [0.1, 0.15) is 26.7 Å². The molecule has 0 aromatic rings. The summed E-state index contributed by atoms with van der Waals surface area (Å²) in [6, 6.07) is 0. The first kappa shape index (κ1) is 21.6. The molecule has 7 heteroatoms. The number of carbonyl (C=O) groups excluding carboxylic acids is 1. The SMILES string of the molecule is C=C/C(=C(\C=C/C)C1CCN(C(=O)C(N=C)=NC(=C)C)CC1)C(F)(F)F. The standard InChI is InChI=1S/C19H24F3N3O/c1-6-8-15(16(7-2)19(20,21)22)14-9-11-25(12-10-14)18(26)17(23-5)24-13(3)4/h6-8,14H,2-3,5,9-12H2,1,4H3/b8-6-,16-15-,24-17?. The van der Waals surface area contributed by atoms with Crippen molar-refractivity contribution in [3.05, 3.63) is 48.2 Å². The molecule has 0 bridgehead atoms. The average Bonchev–Trinajstić information content (AvgIpc) is 2.57. The van der Waals surface area contributed by atoms with Gasteiger partial charge in [0.1, 0.15) is 0 Å². The number of aliphatic imine (C=N–C) groups is 2. The monoisotopic (exact) mass is 367 g/mol. The Balaban J connectivity index is 3.00. The molecule has 26 heavy (non-hydrogen) atoms. The first-order chi connectivity index (χ1) is 12.1. The Hall–Kier alpha value is -2.44. The molecule has 0 atom stereocenters. The molecule has 1 rings (SSSR count). The van der Waals surface area contributed by atoms with Gasteiger partial charge in [-0.1, -0.05) is 31.4 Å². The molecule has 1 aliphatic heterocycles. The maximum atomic E-state index is 13.3. The summed E-state index contributed by atoms with van der Waals surface area (Å²) in [5, 5.41) is 0. The van der Waals surface area contributed by atoms with Gasteiger partial charge in [-0.15, -0.1) is 0 Å². The molecule has 0 unspecified atom stereocenters. The number of amides is 1. The summed E-state index contributed by atoms with van der Waals surface area (Å²) in [6.07, 6.45) is 0.281. The number of hydrogen-bond donors (Lipinski definition) is 0. The van der Waals surface area contributed by atoms with Gasteiger partial charge < -0.3 is 4.90 Å². The number of likely N-dealkylation sites (tertiary alicyclic amines) is 1. The summed E-state index contributed by atoms with van der Waals surface area (Å²) in [5.41, 5.74) is -0.0906. The van der Waals surface area contributed by atoms with Crippen LogP contribution in [0, 0.1) is 5.92 Å². The van der Waals surface area contributed by atoms with Gasteiger partial charge in [-0.25, -0.2) is 9.98 Å². The number of nitrogens with zero attached hydrogens (tertiary/aromatic N) is 3. The van der Waals surface area contributed by atoms with Gasteiger partial charge in [-0.3, -0.25) is 4.79 Å². The number of allylic oxidation sites excluding steroid dienone is 6. The molecule has 1 saturated heterocycles. The third-order valence-electron chi connectivity index (χ3n) is 4.03. The highest BCUT2D eigenvalue weighted by atomic mass is 19.4. The Morgan fingerprint density at radius 2 is 1.85 bits per heavy atom. The quantitative estimate of drug-likeness (QED) is 0.410. The van der Waals surface area contributed by atoms with Crippen molar-refractivity contribution < 1.29 is 18.0 Å². The molecule has 0 aliphatic carbocycles. The Morgan fingerprint density at radius 1 is 1.27 bits per heavy atom. The van der Waals surface area contributed by atoms with E-state index in [0.29, 0.717) is 31.6 Å². The van der Waals surface area contributed by atoms with Gasteiger partial charge in [-0.05, 0) is 44.9 Å². The van der Waals surface area contributed by atoms with E-state index in [1.165, 1.54) is 11.0 Å². The molecule has 0 spiro atoms. The summed E-state index contributed by atoms with van der Waals surface area (Å²) < 4.78 is 39.8. The topological polar surface area (TPSA) is 45.0 Å². The van der Waals surface area contributed by atoms with Crippen molar-refractivity contribution in [1.82, 2.24) is 4.90 Å². The van der Waals surface area contributed by atoms with E-state index in [-0.39, 0.29) is 17.3 Å². The minimum absolute atomic E-state index is 0.0535. The average molecular weight is 367 g/mol. The zero-order valence-electron chi connectivity index (χ0n) is 15.1. The fourth-order valence-electron chi connectivity index (χ4n) is 2.89. The molecular formula is C19H24F3N3O. The molecule has 0 N–H and O–H groups in total. The van der Waals surface area contributed by atoms with Crippen LogP contribution in [0.4, 0.5) is 13.2 Å². The van der Waals surface area contributed by atoms with Crippen LogP contribution in [-0.4, -0.2) is 42.6 Å². The van der Waals surface area contributed by atoms with E-state index in [0.717, 1.165) is 6.08 Å². The largest absolute Gasteiger partial charge is 0.416 e. The zero-order chi connectivity index (χ0) is 19.9. The van der Waals surface area contributed by atoms with Crippen molar-refractivity contribution in [3.8, 4) is 0 Å². The fraction of sp³-hybridized carbons (Fsp3) is 0.421. The highest BCUT2D eigenvalue weighted by Crippen LogP contribution is 2.36. The Labute approximate surface area is 152 Å². The van der Waals surface area contributed by atoms with Crippen LogP contribution in [-0.2, 0) is 4.79 Å². The summed E-state index contributed by atoms with van der Waals surface area (Å²) in [6.45, 7) is 14.2. The second-order valence-electron chi connectivity index (χ2n) is 5.97. The summed E-state index contributed by atoms with van der Waals surface area (Å²) in [7, 11) is 0. The van der Waals surface area contributed by atoms with Gasteiger partial charge >= 0.3 is 6.18 Å². The maximum absolute atomic E-state index is 13.3. The molecule has 0 saturated carbocycles. The number of alkyl halides is 3. The number of rotatable bonds is 4. The number of amidine groups is 1. The van der Waals surface area contributed by atoms with Crippen molar-refractivity contribution >= 4 is 18.5 Å². The molecule has 1 amide bonds. The smallest absolute Gasteiger partial charge is 0.336 e.